The average Bonchev–Trinajstić information content (AvgIpc) is 3.54. The number of rotatable bonds is 9. The molecule has 0 bridgehead atoms. The summed E-state index contributed by atoms with van der Waals surface area (Å²) >= 11 is 1.35. The van der Waals surface area contributed by atoms with Gasteiger partial charge in [0.05, 0.1) is 5.75 Å². The van der Waals surface area contributed by atoms with Crippen LogP contribution in [0.2, 0.25) is 0 Å². The first-order valence-electron chi connectivity index (χ1n) is 11.8. The first-order valence-corrected chi connectivity index (χ1v) is 12.8. The lowest BCUT2D eigenvalue weighted by Crippen LogP contribution is -2.25. The molecule has 2 N–H and O–H groups in total. The molecule has 1 aliphatic carbocycles. The van der Waals surface area contributed by atoms with Crippen LogP contribution < -0.4 is 10.6 Å². The summed E-state index contributed by atoms with van der Waals surface area (Å²) in [5.41, 5.74) is 3.95. The van der Waals surface area contributed by atoms with Crippen LogP contribution in [0.4, 0.5) is 5.69 Å². The van der Waals surface area contributed by atoms with Crippen LogP contribution in [-0.2, 0) is 16.1 Å². The van der Waals surface area contributed by atoms with Gasteiger partial charge in [-0.2, -0.15) is 0 Å². The minimum atomic E-state index is -0.0879. The fourth-order valence-corrected chi connectivity index (χ4v) is 4.85. The fourth-order valence-electron chi connectivity index (χ4n) is 4.09. The zero-order valence-corrected chi connectivity index (χ0v) is 20.5. The largest absolute Gasteiger partial charge is 0.351 e. The van der Waals surface area contributed by atoms with Gasteiger partial charge in [0.15, 0.2) is 5.16 Å². The second-order valence-corrected chi connectivity index (χ2v) is 9.91. The van der Waals surface area contributed by atoms with E-state index in [0.717, 1.165) is 42.6 Å². The number of thioether (sulfide) groups is 1. The summed E-state index contributed by atoms with van der Waals surface area (Å²) in [6.07, 6.45) is 5.86. The maximum Gasteiger partial charge on any atom is 0.230 e. The first-order chi connectivity index (χ1) is 16.5. The molecule has 1 aliphatic rings. The third-order valence-electron chi connectivity index (χ3n) is 6.10. The summed E-state index contributed by atoms with van der Waals surface area (Å²) in [7, 11) is 0. The summed E-state index contributed by atoms with van der Waals surface area (Å²) < 4.78 is 1.89. The van der Waals surface area contributed by atoms with E-state index < -0.39 is 0 Å². The van der Waals surface area contributed by atoms with Crippen molar-refractivity contribution in [2.45, 2.75) is 57.1 Å². The van der Waals surface area contributed by atoms with E-state index in [1.165, 1.54) is 17.3 Å². The van der Waals surface area contributed by atoms with Crippen LogP contribution in [0.3, 0.4) is 0 Å². The molecule has 4 rings (SSSR count). The molecule has 2 aromatic carbocycles. The molecule has 0 saturated heterocycles. The normalized spacial score (nSPS) is 13.9. The van der Waals surface area contributed by atoms with Gasteiger partial charge in [-0.25, -0.2) is 0 Å². The molecule has 178 valence electrons. The Balaban J connectivity index is 1.27. The molecule has 2 amide bonds. The van der Waals surface area contributed by atoms with Crippen molar-refractivity contribution in [3.05, 3.63) is 66.0 Å². The van der Waals surface area contributed by atoms with Crippen molar-refractivity contribution in [1.82, 2.24) is 20.1 Å². The zero-order chi connectivity index (χ0) is 23.9. The fraction of sp³-hybridized carbons (Fsp3) is 0.385. The lowest BCUT2D eigenvalue weighted by molar-refractivity contribution is -0.120. The number of hydrogen-bond acceptors (Lipinski definition) is 5. The third kappa shape index (κ3) is 6.26. The first kappa shape index (κ1) is 24.0. The topological polar surface area (TPSA) is 88.9 Å². The minimum absolute atomic E-state index is 0.0879. The van der Waals surface area contributed by atoms with Crippen molar-refractivity contribution in [1.29, 1.82) is 0 Å². The molecule has 7 nitrogen and oxygen atoms in total. The number of aromatic nitrogens is 3. The highest BCUT2D eigenvalue weighted by Crippen LogP contribution is 2.26. The van der Waals surface area contributed by atoms with Crippen molar-refractivity contribution in [3.63, 3.8) is 0 Å². The van der Waals surface area contributed by atoms with Crippen LogP contribution in [0.25, 0.3) is 5.69 Å². The second-order valence-electron chi connectivity index (χ2n) is 8.97. The molecule has 1 aromatic heterocycles. The van der Waals surface area contributed by atoms with Crippen LogP contribution in [-0.4, -0.2) is 32.3 Å². The summed E-state index contributed by atoms with van der Waals surface area (Å²) in [5, 5.41) is 14.8. The number of amides is 2. The molecule has 1 saturated carbocycles. The molecule has 0 spiro atoms. The van der Waals surface area contributed by atoms with E-state index in [-0.39, 0.29) is 23.5 Å². The van der Waals surface area contributed by atoms with Gasteiger partial charge in [0, 0.05) is 23.8 Å². The van der Waals surface area contributed by atoms with Crippen LogP contribution in [0, 0.1) is 5.92 Å². The second kappa shape index (κ2) is 11.3. The molecule has 0 radical (unpaired) electrons. The Hall–Kier alpha value is -3.13. The Morgan fingerprint density at radius 2 is 1.88 bits per heavy atom. The summed E-state index contributed by atoms with van der Waals surface area (Å²) in [6, 6.07) is 15.9. The molecule has 1 fully saturated rings. The number of hydrogen-bond donors (Lipinski definition) is 2. The number of carbonyl (C=O) groups is 2. The van der Waals surface area contributed by atoms with E-state index >= 15 is 0 Å². The van der Waals surface area contributed by atoms with E-state index in [2.05, 4.69) is 46.8 Å². The number of benzene rings is 2. The maximum absolute atomic E-state index is 12.5. The van der Waals surface area contributed by atoms with Gasteiger partial charge in [0.2, 0.25) is 11.8 Å². The van der Waals surface area contributed by atoms with Crippen LogP contribution >= 0.6 is 11.8 Å². The van der Waals surface area contributed by atoms with Gasteiger partial charge < -0.3 is 10.6 Å². The highest BCUT2D eigenvalue weighted by Gasteiger charge is 2.22. The lowest BCUT2D eigenvalue weighted by Gasteiger charge is -2.12. The Morgan fingerprint density at radius 3 is 2.62 bits per heavy atom. The van der Waals surface area contributed by atoms with Gasteiger partial charge in [0.25, 0.3) is 0 Å². The molecule has 34 heavy (non-hydrogen) atoms. The summed E-state index contributed by atoms with van der Waals surface area (Å²) in [6.45, 7) is 4.72. The number of nitrogens with zero attached hydrogens (tertiary/aromatic N) is 3. The Labute approximate surface area is 204 Å². The standard InChI is InChI=1S/C26H31N5O2S/c1-18(2)20-10-12-23(13-11-20)31-17-28-30-26(31)34-16-24(32)27-15-19-6-5-9-22(14-19)29-25(33)21-7-3-4-8-21/h5-6,9-14,17-18,21H,3-4,7-8,15-16H2,1-2H3,(H,27,32)(H,29,33). The van der Waals surface area contributed by atoms with Crippen molar-refractivity contribution in [3.8, 4) is 5.69 Å². The molecule has 0 aliphatic heterocycles. The average molecular weight is 478 g/mol. The molecule has 0 unspecified atom stereocenters. The van der Waals surface area contributed by atoms with E-state index in [1.807, 2.05) is 41.0 Å². The minimum Gasteiger partial charge on any atom is -0.351 e. The Kier molecular flexibility index (Phi) is 8.00. The van der Waals surface area contributed by atoms with E-state index in [4.69, 9.17) is 0 Å². The van der Waals surface area contributed by atoms with Crippen molar-refractivity contribution < 1.29 is 9.59 Å². The van der Waals surface area contributed by atoms with Crippen molar-refractivity contribution in [2.24, 2.45) is 5.92 Å². The summed E-state index contributed by atoms with van der Waals surface area (Å²) in [4.78, 5) is 24.8. The van der Waals surface area contributed by atoms with Gasteiger partial charge in [-0.05, 0) is 54.2 Å². The lowest BCUT2D eigenvalue weighted by atomic mass is 10.0. The molecule has 1 heterocycles. The van der Waals surface area contributed by atoms with E-state index in [1.54, 1.807) is 6.33 Å². The summed E-state index contributed by atoms with van der Waals surface area (Å²) in [5.74, 6) is 0.835. The van der Waals surface area contributed by atoms with Crippen molar-refractivity contribution in [2.75, 3.05) is 11.1 Å². The predicted octanol–water partition coefficient (Wildman–Crippen LogP) is 4.93. The van der Waals surface area contributed by atoms with E-state index in [0.29, 0.717) is 17.6 Å². The van der Waals surface area contributed by atoms with Crippen LogP contribution in [0.15, 0.2) is 60.0 Å². The van der Waals surface area contributed by atoms with Gasteiger partial charge >= 0.3 is 0 Å². The predicted molar refractivity (Wildman–Crippen MR) is 135 cm³/mol. The van der Waals surface area contributed by atoms with Crippen LogP contribution in [0.1, 0.15) is 56.6 Å². The van der Waals surface area contributed by atoms with E-state index in [9.17, 15) is 9.59 Å². The SMILES string of the molecule is CC(C)c1ccc(-n2cnnc2SCC(=O)NCc2cccc(NC(=O)C3CCCC3)c2)cc1. The Morgan fingerprint density at radius 1 is 1.12 bits per heavy atom. The monoisotopic (exact) mass is 477 g/mol. The third-order valence-corrected chi connectivity index (χ3v) is 7.04. The molecule has 0 atom stereocenters. The maximum atomic E-state index is 12.5. The van der Waals surface area contributed by atoms with Gasteiger partial charge in [-0.15, -0.1) is 10.2 Å². The zero-order valence-electron chi connectivity index (χ0n) is 19.7. The number of carbonyl (C=O) groups excluding carboxylic acids is 2. The highest BCUT2D eigenvalue weighted by molar-refractivity contribution is 7.99. The molecule has 3 aromatic rings. The van der Waals surface area contributed by atoms with Gasteiger partial charge in [-0.3, -0.25) is 14.2 Å². The Bertz CT molecular complexity index is 1120. The molecular formula is C26H31N5O2S. The molecule has 8 heteroatoms. The smallest absolute Gasteiger partial charge is 0.230 e. The molecular weight excluding hydrogens is 446 g/mol. The van der Waals surface area contributed by atoms with Gasteiger partial charge in [0.1, 0.15) is 6.33 Å². The number of nitrogens with one attached hydrogen (secondary N) is 2. The quantitative estimate of drug-likeness (QED) is 0.427. The number of anilines is 1. The van der Waals surface area contributed by atoms with Gasteiger partial charge in [-0.1, -0.05) is 62.7 Å². The van der Waals surface area contributed by atoms with Crippen molar-refractivity contribution >= 4 is 29.3 Å². The van der Waals surface area contributed by atoms with Crippen LogP contribution in [0.5, 0.6) is 0 Å². The highest BCUT2D eigenvalue weighted by atomic mass is 32.2.